The molecule has 1 atom stereocenters. The molecular weight excluding hydrogens is 348 g/mol. The maximum Gasteiger partial charge on any atom is 0.215 e. The highest BCUT2D eigenvalue weighted by molar-refractivity contribution is 9.10. The number of hydrogen-bond donors (Lipinski definition) is 2. The molecule has 22 heavy (non-hydrogen) atoms. The Kier molecular flexibility index (Phi) is 4.08. The Labute approximate surface area is 136 Å². The lowest BCUT2D eigenvalue weighted by molar-refractivity contribution is 0.103. The average molecular weight is 363 g/mol. The molecule has 1 aliphatic rings. The number of nitrogens with two attached hydrogens (primary N) is 1. The second-order valence-electron chi connectivity index (χ2n) is 5.19. The van der Waals surface area contributed by atoms with Crippen molar-refractivity contribution in [1.29, 1.82) is 0 Å². The lowest BCUT2D eigenvalue weighted by Gasteiger charge is -2.17. The van der Waals surface area contributed by atoms with E-state index < -0.39 is 0 Å². The van der Waals surface area contributed by atoms with Crippen molar-refractivity contribution < 1.29 is 9.90 Å². The topological polar surface area (TPSA) is 92.3 Å². The zero-order valence-corrected chi connectivity index (χ0v) is 13.3. The van der Waals surface area contributed by atoms with Crippen LogP contribution in [0.1, 0.15) is 22.5 Å². The number of aliphatic hydroxyl groups excluding tert-OH is 1. The second kappa shape index (κ2) is 6.02. The summed E-state index contributed by atoms with van der Waals surface area (Å²) in [5, 5.41) is 9.62. The van der Waals surface area contributed by atoms with Crippen LogP contribution < -0.4 is 10.6 Å². The van der Waals surface area contributed by atoms with E-state index >= 15 is 0 Å². The zero-order valence-electron chi connectivity index (χ0n) is 11.7. The Morgan fingerprint density at radius 1 is 1.45 bits per heavy atom. The van der Waals surface area contributed by atoms with Crippen LogP contribution in [0.4, 0.5) is 11.6 Å². The van der Waals surface area contributed by atoms with Crippen LogP contribution in [0.2, 0.25) is 0 Å². The van der Waals surface area contributed by atoms with E-state index in [2.05, 4.69) is 25.9 Å². The van der Waals surface area contributed by atoms with Gasteiger partial charge >= 0.3 is 0 Å². The molecule has 2 aromatic rings. The minimum Gasteiger partial charge on any atom is -0.391 e. The Balaban J connectivity index is 1.91. The van der Waals surface area contributed by atoms with E-state index in [0.29, 0.717) is 34.5 Å². The molecule has 0 bridgehead atoms. The summed E-state index contributed by atoms with van der Waals surface area (Å²) in [7, 11) is 0. The number of hydrogen-bond acceptors (Lipinski definition) is 6. The summed E-state index contributed by atoms with van der Waals surface area (Å²) >= 11 is 3.29. The fourth-order valence-electron chi connectivity index (χ4n) is 2.45. The van der Waals surface area contributed by atoms with Crippen LogP contribution in [-0.2, 0) is 0 Å². The van der Waals surface area contributed by atoms with Crippen molar-refractivity contribution in [3.8, 4) is 0 Å². The van der Waals surface area contributed by atoms with Gasteiger partial charge in [-0.05, 0) is 40.5 Å². The summed E-state index contributed by atoms with van der Waals surface area (Å²) in [5.74, 6) is 0.592. The molecule has 1 fully saturated rings. The fraction of sp³-hybridized carbons (Fsp3) is 0.267. The third kappa shape index (κ3) is 2.95. The van der Waals surface area contributed by atoms with Gasteiger partial charge in [0, 0.05) is 23.8 Å². The van der Waals surface area contributed by atoms with Crippen LogP contribution in [0.5, 0.6) is 0 Å². The number of aromatic nitrogens is 2. The van der Waals surface area contributed by atoms with E-state index in [1.165, 1.54) is 0 Å². The lowest BCUT2D eigenvalue weighted by Crippen LogP contribution is -2.23. The van der Waals surface area contributed by atoms with Gasteiger partial charge in [0.05, 0.1) is 11.7 Å². The molecule has 2 aromatic heterocycles. The fourth-order valence-corrected chi connectivity index (χ4v) is 2.78. The third-order valence-electron chi connectivity index (χ3n) is 3.58. The number of halogens is 1. The van der Waals surface area contributed by atoms with Gasteiger partial charge in [0.2, 0.25) is 5.78 Å². The molecular formula is C15H15BrN4O2. The van der Waals surface area contributed by atoms with E-state index in [0.717, 1.165) is 6.54 Å². The van der Waals surface area contributed by atoms with Gasteiger partial charge in [-0.1, -0.05) is 6.07 Å². The van der Waals surface area contributed by atoms with Crippen LogP contribution in [-0.4, -0.2) is 40.1 Å². The lowest BCUT2D eigenvalue weighted by atomic mass is 10.1. The smallest absolute Gasteiger partial charge is 0.215 e. The Bertz CT molecular complexity index is 722. The molecule has 114 valence electrons. The van der Waals surface area contributed by atoms with Gasteiger partial charge in [0.15, 0.2) is 0 Å². The molecule has 0 aliphatic carbocycles. The molecule has 3 N–H and O–H groups in total. The number of carbonyl (C=O) groups is 1. The van der Waals surface area contributed by atoms with Crippen LogP contribution in [0.25, 0.3) is 0 Å². The summed E-state index contributed by atoms with van der Waals surface area (Å²) < 4.78 is 0.684. The zero-order chi connectivity index (χ0) is 15.7. The molecule has 3 heterocycles. The maximum absolute atomic E-state index is 12.6. The van der Waals surface area contributed by atoms with Crippen LogP contribution in [0.15, 0.2) is 34.9 Å². The number of β-amino-alcohol motifs (C(OH)–C–C–N with tert-alkyl or cyclic N) is 1. The van der Waals surface area contributed by atoms with Gasteiger partial charge in [0.1, 0.15) is 17.3 Å². The first-order valence-corrected chi connectivity index (χ1v) is 7.69. The van der Waals surface area contributed by atoms with Crippen molar-refractivity contribution in [2.75, 3.05) is 23.7 Å². The van der Waals surface area contributed by atoms with E-state index in [9.17, 15) is 9.90 Å². The summed E-state index contributed by atoms with van der Waals surface area (Å²) in [6.45, 7) is 1.26. The SMILES string of the molecule is Nc1ncc(Br)cc1C(=O)c1cccc(N2CC[C@H](O)C2)n1. The normalized spacial score (nSPS) is 17.7. The summed E-state index contributed by atoms with van der Waals surface area (Å²) in [6.07, 6.45) is 1.91. The molecule has 0 unspecified atom stereocenters. The number of carbonyl (C=O) groups excluding carboxylic acids is 1. The number of pyridine rings is 2. The van der Waals surface area contributed by atoms with Gasteiger partial charge < -0.3 is 15.7 Å². The van der Waals surface area contributed by atoms with Crippen molar-refractivity contribution >= 4 is 33.3 Å². The molecule has 1 saturated heterocycles. The molecule has 6 nitrogen and oxygen atoms in total. The monoisotopic (exact) mass is 362 g/mol. The van der Waals surface area contributed by atoms with Gasteiger partial charge in [-0.15, -0.1) is 0 Å². The van der Waals surface area contributed by atoms with Gasteiger partial charge in [-0.2, -0.15) is 0 Å². The molecule has 1 aliphatic heterocycles. The molecule has 0 aromatic carbocycles. The summed E-state index contributed by atoms with van der Waals surface area (Å²) in [4.78, 5) is 22.9. The van der Waals surface area contributed by atoms with Crippen molar-refractivity contribution in [3.05, 3.63) is 46.2 Å². The number of nitrogens with zero attached hydrogens (tertiary/aromatic N) is 3. The Hall–Kier alpha value is -1.99. The van der Waals surface area contributed by atoms with Gasteiger partial charge in [0.25, 0.3) is 0 Å². The predicted molar refractivity (Wildman–Crippen MR) is 86.9 cm³/mol. The molecule has 3 rings (SSSR count). The molecule has 0 saturated carbocycles. The maximum atomic E-state index is 12.6. The first-order chi connectivity index (χ1) is 10.5. The standard InChI is InChI=1S/C15H15BrN4O2/c16-9-6-11(15(17)18-7-9)14(22)12-2-1-3-13(19-12)20-5-4-10(21)8-20/h1-3,6-7,10,21H,4-5,8H2,(H2,17,18)/t10-/m0/s1. The molecule has 0 radical (unpaired) electrons. The van der Waals surface area contributed by atoms with E-state index in [1.54, 1.807) is 24.4 Å². The van der Waals surface area contributed by atoms with Crippen molar-refractivity contribution in [2.24, 2.45) is 0 Å². The van der Waals surface area contributed by atoms with Crippen molar-refractivity contribution in [2.45, 2.75) is 12.5 Å². The van der Waals surface area contributed by atoms with Crippen LogP contribution in [0.3, 0.4) is 0 Å². The minimum atomic E-state index is -0.342. The molecule has 0 spiro atoms. The largest absolute Gasteiger partial charge is 0.391 e. The third-order valence-corrected chi connectivity index (χ3v) is 4.02. The predicted octanol–water partition coefficient (Wildman–Crippen LogP) is 1.62. The van der Waals surface area contributed by atoms with E-state index in [1.807, 2.05) is 11.0 Å². The average Bonchev–Trinajstić information content (AvgIpc) is 2.96. The Morgan fingerprint density at radius 3 is 3.00 bits per heavy atom. The summed E-state index contributed by atoms with van der Waals surface area (Å²) in [6, 6.07) is 6.90. The number of rotatable bonds is 3. The second-order valence-corrected chi connectivity index (χ2v) is 6.10. The van der Waals surface area contributed by atoms with Gasteiger partial charge in [-0.25, -0.2) is 9.97 Å². The molecule has 0 amide bonds. The van der Waals surface area contributed by atoms with E-state index in [4.69, 9.17) is 5.73 Å². The first-order valence-electron chi connectivity index (χ1n) is 6.90. The number of anilines is 2. The first kappa shape index (κ1) is 14.9. The quantitative estimate of drug-likeness (QED) is 0.806. The van der Waals surface area contributed by atoms with E-state index in [-0.39, 0.29) is 17.7 Å². The molecule has 7 heteroatoms. The number of nitrogen functional groups attached to an aromatic ring is 1. The number of aliphatic hydroxyl groups is 1. The minimum absolute atomic E-state index is 0.178. The number of ketones is 1. The highest BCUT2D eigenvalue weighted by Crippen LogP contribution is 2.22. The summed E-state index contributed by atoms with van der Waals surface area (Å²) in [5.41, 5.74) is 6.41. The van der Waals surface area contributed by atoms with Crippen molar-refractivity contribution in [1.82, 2.24) is 9.97 Å². The Morgan fingerprint density at radius 2 is 2.27 bits per heavy atom. The highest BCUT2D eigenvalue weighted by atomic mass is 79.9. The van der Waals surface area contributed by atoms with Crippen LogP contribution in [0, 0.1) is 0 Å². The van der Waals surface area contributed by atoms with Gasteiger partial charge in [-0.3, -0.25) is 4.79 Å². The van der Waals surface area contributed by atoms with Crippen molar-refractivity contribution in [3.63, 3.8) is 0 Å². The highest BCUT2D eigenvalue weighted by Gasteiger charge is 2.22. The van der Waals surface area contributed by atoms with Crippen LogP contribution >= 0.6 is 15.9 Å².